The van der Waals surface area contributed by atoms with Crippen LogP contribution in [0.15, 0.2) is 91.0 Å². The zero-order valence-corrected chi connectivity index (χ0v) is 16.5. The summed E-state index contributed by atoms with van der Waals surface area (Å²) in [5, 5.41) is 2.91. The SMILES string of the molecule is CC(C(=O)N[C@H](CCc1ccccc1)C(N)=O)(c1ccccc1)c1ccccc1. The van der Waals surface area contributed by atoms with Crippen molar-refractivity contribution >= 4 is 11.8 Å². The standard InChI is InChI=1S/C25H26N2O2/c1-25(20-13-7-3-8-14-20,21-15-9-4-10-16-21)24(29)27-22(23(26)28)18-17-19-11-5-2-6-12-19/h2-16,22H,17-18H2,1H3,(H2,26,28)(H,27,29)/t22-/m1/s1. The molecule has 29 heavy (non-hydrogen) atoms. The molecule has 2 amide bonds. The summed E-state index contributed by atoms with van der Waals surface area (Å²) < 4.78 is 0. The average molecular weight is 386 g/mol. The Morgan fingerprint density at radius 2 is 1.28 bits per heavy atom. The van der Waals surface area contributed by atoms with Crippen LogP contribution in [0.4, 0.5) is 0 Å². The zero-order valence-electron chi connectivity index (χ0n) is 16.5. The molecular weight excluding hydrogens is 360 g/mol. The normalized spacial score (nSPS) is 12.2. The third-order valence-corrected chi connectivity index (χ3v) is 5.37. The quantitative estimate of drug-likeness (QED) is 0.621. The summed E-state index contributed by atoms with van der Waals surface area (Å²) in [5.41, 5.74) is 7.49. The van der Waals surface area contributed by atoms with E-state index in [2.05, 4.69) is 5.32 Å². The molecule has 3 aromatic carbocycles. The monoisotopic (exact) mass is 386 g/mol. The molecule has 0 unspecified atom stereocenters. The van der Waals surface area contributed by atoms with E-state index < -0.39 is 17.4 Å². The number of amides is 2. The summed E-state index contributed by atoms with van der Waals surface area (Å²) in [7, 11) is 0. The summed E-state index contributed by atoms with van der Waals surface area (Å²) in [6, 6.07) is 28.3. The Morgan fingerprint density at radius 1 is 0.828 bits per heavy atom. The first-order chi connectivity index (χ1) is 14.0. The van der Waals surface area contributed by atoms with Gasteiger partial charge in [-0.3, -0.25) is 9.59 Å². The van der Waals surface area contributed by atoms with Crippen LogP contribution in [0.3, 0.4) is 0 Å². The molecule has 4 heteroatoms. The highest BCUT2D eigenvalue weighted by Gasteiger charge is 2.38. The maximum absolute atomic E-state index is 13.5. The Balaban J connectivity index is 1.86. The summed E-state index contributed by atoms with van der Waals surface area (Å²) in [4.78, 5) is 25.5. The highest BCUT2D eigenvalue weighted by atomic mass is 16.2. The number of rotatable bonds is 8. The van der Waals surface area contributed by atoms with Crippen molar-refractivity contribution in [3.63, 3.8) is 0 Å². The predicted octanol–water partition coefficient (Wildman–Crippen LogP) is 3.60. The molecule has 0 fully saturated rings. The topological polar surface area (TPSA) is 72.2 Å². The van der Waals surface area contributed by atoms with Gasteiger partial charge < -0.3 is 11.1 Å². The number of nitrogens with two attached hydrogens (primary N) is 1. The van der Waals surface area contributed by atoms with Crippen LogP contribution in [0.1, 0.15) is 30.0 Å². The molecule has 0 aliphatic heterocycles. The van der Waals surface area contributed by atoms with Crippen molar-refractivity contribution in [2.24, 2.45) is 5.73 Å². The van der Waals surface area contributed by atoms with Crippen molar-refractivity contribution in [2.45, 2.75) is 31.2 Å². The maximum atomic E-state index is 13.5. The van der Waals surface area contributed by atoms with Crippen molar-refractivity contribution < 1.29 is 9.59 Å². The number of nitrogens with one attached hydrogen (secondary N) is 1. The first-order valence-electron chi connectivity index (χ1n) is 9.77. The van der Waals surface area contributed by atoms with E-state index in [1.165, 1.54) is 0 Å². The zero-order chi connectivity index (χ0) is 20.7. The second kappa shape index (κ2) is 9.20. The summed E-state index contributed by atoms with van der Waals surface area (Å²) in [5.74, 6) is -0.774. The van der Waals surface area contributed by atoms with Crippen LogP contribution in [-0.2, 0) is 21.4 Å². The molecular formula is C25H26N2O2. The number of carbonyl (C=O) groups is 2. The minimum Gasteiger partial charge on any atom is -0.368 e. The first kappa shape index (κ1) is 20.3. The van der Waals surface area contributed by atoms with E-state index in [1.807, 2.05) is 97.9 Å². The lowest BCUT2D eigenvalue weighted by molar-refractivity contribution is -0.130. The molecule has 0 saturated carbocycles. The average Bonchev–Trinajstić information content (AvgIpc) is 2.77. The lowest BCUT2D eigenvalue weighted by atomic mass is 9.75. The Bertz CT molecular complexity index is 901. The van der Waals surface area contributed by atoms with Crippen molar-refractivity contribution in [3.05, 3.63) is 108 Å². The van der Waals surface area contributed by atoms with Gasteiger partial charge in [0.1, 0.15) is 6.04 Å². The third kappa shape index (κ3) is 4.72. The molecule has 0 aliphatic rings. The molecule has 1 atom stereocenters. The molecule has 0 spiro atoms. The van der Waals surface area contributed by atoms with Crippen LogP contribution in [0, 0.1) is 0 Å². The van der Waals surface area contributed by atoms with Crippen LogP contribution >= 0.6 is 0 Å². The highest BCUT2D eigenvalue weighted by Crippen LogP contribution is 2.32. The van der Waals surface area contributed by atoms with Crippen LogP contribution in [0.25, 0.3) is 0 Å². The van der Waals surface area contributed by atoms with E-state index in [-0.39, 0.29) is 5.91 Å². The molecule has 3 aromatic rings. The maximum Gasteiger partial charge on any atom is 0.240 e. The molecule has 0 aromatic heterocycles. The van der Waals surface area contributed by atoms with Gasteiger partial charge in [-0.2, -0.15) is 0 Å². The molecule has 0 saturated heterocycles. The summed E-state index contributed by atoms with van der Waals surface area (Å²) >= 11 is 0. The van der Waals surface area contributed by atoms with Gasteiger partial charge in [0.2, 0.25) is 11.8 Å². The van der Waals surface area contributed by atoms with Gasteiger partial charge in [-0.1, -0.05) is 91.0 Å². The van der Waals surface area contributed by atoms with Gasteiger partial charge in [0.15, 0.2) is 0 Å². The van der Waals surface area contributed by atoms with Gasteiger partial charge in [-0.05, 0) is 36.5 Å². The molecule has 0 radical (unpaired) electrons. The number of primary amides is 1. The smallest absolute Gasteiger partial charge is 0.240 e. The highest BCUT2D eigenvalue weighted by molar-refractivity contribution is 5.95. The molecule has 0 bridgehead atoms. The Hall–Kier alpha value is -3.40. The fourth-order valence-electron chi connectivity index (χ4n) is 3.52. The fraction of sp³-hybridized carbons (Fsp3) is 0.200. The van der Waals surface area contributed by atoms with E-state index in [0.717, 1.165) is 16.7 Å². The van der Waals surface area contributed by atoms with Gasteiger partial charge in [0, 0.05) is 0 Å². The van der Waals surface area contributed by atoms with Gasteiger partial charge in [0.05, 0.1) is 5.41 Å². The second-order valence-electron chi connectivity index (χ2n) is 7.31. The van der Waals surface area contributed by atoms with Crippen LogP contribution in [0.2, 0.25) is 0 Å². The number of hydrogen-bond acceptors (Lipinski definition) is 2. The lowest BCUT2D eigenvalue weighted by Gasteiger charge is -2.31. The van der Waals surface area contributed by atoms with E-state index in [0.29, 0.717) is 12.8 Å². The van der Waals surface area contributed by atoms with Crippen molar-refractivity contribution in [3.8, 4) is 0 Å². The third-order valence-electron chi connectivity index (χ3n) is 5.37. The minimum absolute atomic E-state index is 0.244. The number of carbonyl (C=O) groups excluding carboxylic acids is 2. The summed E-state index contributed by atoms with van der Waals surface area (Å²) in [6.07, 6.45) is 1.10. The van der Waals surface area contributed by atoms with Gasteiger partial charge >= 0.3 is 0 Å². The van der Waals surface area contributed by atoms with E-state index in [4.69, 9.17) is 5.73 Å². The Labute approximate surface area is 171 Å². The van der Waals surface area contributed by atoms with E-state index in [9.17, 15) is 9.59 Å². The number of aryl methyl sites for hydroxylation is 1. The molecule has 0 aliphatic carbocycles. The Morgan fingerprint density at radius 3 is 1.72 bits per heavy atom. The number of benzene rings is 3. The van der Waals surface area contributed by atoms with Crippen LogP contribution in [-0.4, -0.2) is 17.9 Å². The molecule has 3 rings (SSSR count). The van der Waals surface area contributed by atoms with Crippen molar-refractivity contribution in [1.82, 2.24) is 5.32 Å². The van der Waals surface area contributed by atoms with Crippen molar-refractivity contribution in [1.29, 1.82) is 0 Å². The summed E-state index contributed by atoms with van der Waals surface area (Å²) in [6.45, 7) is 1.88. The van der Waals surface area contributed by atoms with Gasteiger partial charge in [-0.25, -0.2) is 0 Å². The van der Waals surface area contributed by atoms with E-state index in [1.54, 1.807) is 0 Å². The van der Waals surface area contributed by atoms with Crippen LogP contribution in [0.5, 0.6) is 0 Å². The fourth-order valence-corrected chi connectivity index (χ4v) is 3.52. The Kier molecular flexibility index (Phi) is 6.45. The predicted molar refractivity (Wildman–Crippen MR) is 115 cm³/mol. The number of hydrogen-bond donors (Lipinski definition) is 2. The second-order valence-corrected chi connectivity index (χ2v) is 7.31. The molecule has 3 N–H and O–H groups in total. The largest absolute Gasteiger partial charge is 0.368 e. The molecule has 4 nitrogen and oxygen atoms in total. The minimum atomic E-state index is -0.942. The molecule has 0 heterocycles. The first-order valence-corrected chi connectivity index (χ1v) is 9.77. The molecule has 148 valence electrons. The van der Waals surface area contributed by atoms with Crippen LogP contribution < -0.4 is 11.1 Å². The van der Waals surface area contributed by atoms with E-state index >= 15 is 0 Å². The van der Waals surface area contributed by atoms with Crippen molar-refractivity contribution in [2.75, 3.05) is 0 Å². The van der Waals surface area contributed by atoms with Gasteiger partial charge in [0.25, 0.3) is 0 Å². The van der Waals surface area contributed by atoms with Gasteiger partial charge in [-0.15, -0.1) is 0 Å². The lowest BCUT2D eigenvalue weighted by Crippen LogP contribution is -2.51.